The maximum Gasteiger partial charge on any atom is 0.282 e. The standard InChI is InChI=1S/C21H16Cl2N4O2/c1-12-16(11-24)20(28)27(13(2)14-6-4-3-5-7-14)21(29)19(12)26-25-18-10-15(22)8-9-17(18)23/h3-10,13,28H,1-2H3. The topological polar surface area (TPSA) is 90.7 Å². The Kier molecular flexibility index (Phi) is 6.02. The van der Waals surface area contributed by atoms with Gasteiger partial charge in [-0.15, -0.1) is 10.2 Å². The van der Waals surface area contributed by atoms with Gasteiger partial charge in [0, 0.05) is 10.6 Å². The van der Waals surface area contributed by atoms with Crippen molar-refractivity contribution in [2.24, 2.45) is 10.2 Å². The molecule has 8 heteroatoms. The number of aromatic nitrogens is 1. The van der Waals surface area contributed by atoms with Crippen LogP contribution in [0.3, 0.4) is 0 Å². The Morgan fingerprint density at radius 2 is 1.83 bits per heavy atom. The van der Waals surface area contributed by atoms with Crippen LogP contribution in [0.4, 0.5) is 11.4 Å². The molecule has 0 aliphatic carbocycles. The highest BCUT2D eigenvalue weighted by Crippen LogP contribution is 2.33. The SMILES string of the molecule is Cc1c(C#N)c(O)n(C(C)c2ccccc2)c(=O)c1N=Nc1cc(Cl)ccc1Cl. The average Bonchev–Trinajstić information content (AvgIpc) is 2.71. The fraction of sp³-hybridized carbons (Fsp3) is 0.143. The van der Waals surface area contributed by atoms with E-state index in [0.717, 1.165) is 10.1 Å². The van der Waals surface area contributed by atoms with Crippen molar-refractivity contribution in [1.29, 1.82) is 5.26 Å². The number of azo groups is 1. The number of aromatic hydroxyl groups is 1. The van der Waals surface area contributed by atoms with Crippen LogP contribution >= 0.6 is 23.2 Å². The van der Waals surface area contributed by atoms with Crippen molar-refractivity contribution in [2.45, 2.75) is 19.9 Å². The third-order valence-corrected chi connectivity index (χ3v) is 5.11. The van der Waals surface area contributed by atoms with Crippen LogP contribution in [0.1, 0.15) is 29.7 Å². The van der Waals surface area contributed by atoms with Gasteiger partial charge in [0.05, 0.1) is 11.1 Å². The third-order valence-electron chi connectivity index (χ3n) is 4.55. The summed E-state index contributed by atoms with van der Waals surface area (Å²) in [6.45, 7) is 3.28. The van der Waals surface area contributed by atoms with E-state index in [9.17, 15) is 15.2 Å². The molecule has 0 saturated carbocycles. The molecule has 1 aromatic heterocycles. The van der Waals surface area contributed by atoms with E-state index in [4.69, 9.17) is 23.2 Å². The van der Waals surface area contributed by atoms with Gasteiger partial charge >= 0.3 is 0 Å². The molecule has 0 aliphatic rings. The first-order valence-electron chi connectivity index (χ1n) is 8.65. The first kappa shape index (κ1) is 20.6. The van der Waals surface area contributed by atoms with E-state index >= 15 is 0 Å². The summed E-state index contributed by atoms with van der Waals surface area (Å²) in [5, 5.41) is 28.9. The highest BCUT2D eigenvalue weighted by atomic mass is 35.5. The molecule has 146 valence electrons. The van der Waals surface area contributed by atoms with Crippen LogP contribution in [0.2, 0.25) is 10.0 Å². The summed E-state index contributed by atoms with van der Waals surface area (Å²) < 4.78 is 1.13. The molecule has 0 fully saturated rings. The number of nitrogens with zero attached hydrogens (tertiary/aromatic N) is 4. The van der Waals surface area contributed by atoms with Gasteiger partial charge in [0.15, 0.2) is 5.69 Å². The van der Waals surface area contributed by atoms with Gasteiger partial charge in [-0.25, -0.2) is 0 Å². The summed E-state index contributed by atoms with van der Waals surface area (Å²) >= 11 is 12.1. The zero-order chi connectivity index (χ0) is 21.1. The third kappa shape index (κ3) is 4.02. The van der Waals surface area contributed by atoms with Gasteiger partial charge in [-0.3, -0.25) is 9.36 Å². The quantitative estimate of drug-likeness (QED) is 0.513. The van der Waals surface area contributed by atoms with E-state index < -0.39 is 17.5 Å². The van der Waals surface area contributed by atoms with Gasteiger partial charge in [0.25, 0.3) is 5.56 Å². The minimum absolute atomic E-state index is 0.0430. The molecule has 0 saturated heterocycles. The highest BCUT2D eigenvalue weighted by Gasteiger charge is 2.23. The highest BCUT2D eigenvalue weighted by molar-refractivity contribution is 6.35. The fourth-order valence-electron chi connectivity index (χ4n) is 2.94. The van der Waals surface area contributed by atoms with Crippen LogP contribution in [-0.4, -0.2) is 9.67 Å². The largest absolute Gasteiger partial charge is 0.493 e. The van der Waals surface area contributed by atoms with Crippen molar-refractivity contribution in [2.75, 3.05) is 0 Å². The van der Waals surface area contributed by atoms with Gasteiger partial charge in [-0.05, 0) is 37.6 Å². The summed E-state index contributed by atoms with van der Waals surface area (Å²) in [6.07, 6.45) is 0. The minimum atomic E-state index is -0.572. The Bertz CT molecular complexity index is 1200. The number of hydrogen-bond donors (Lipinski definition) is 1. The van der Waals surface area contributed by atoms with Gasteiger partial charge in [0.2, 0.25) is 5.88 Å². The second-order valence-electron chi connectivity index (χ2n) is 6.34. The first-order valence-corrected chi connectivity index (χ1v) is 9.40. The van der Waals surface area contributed by atoms with Crippen LogP contribution in [0.15, 0.2) is 63.6 Å². The molecule has 0 bridgehead atoms. The Labute approximate surface area is 177 Å². The monoisotopic (exact) mass is 426 g/mol. The molecule has 0 spiro atoms. The van der Waals surface area contributed by atoms with Crippen molar-refractivity contribution in [3.05, 3.63) is 85.6 Å². The Hall–Kier alpha value is -3.14. The molecular weight excluding hydrogens is 411 g/mol. The van der Waals surface area contributed by atoms with Crippen molar-refractivity contribution >= 4 is 34.6 Å². The van der Waals surface area contributed by atoms with Gasteiger partial charge in [-0.2, -0.15) is 5.26 Å². The Morgan fingerprint density at radius 1 is 1.14 bits per heavy atom. The summed E-state index contributed by atoms with van der Waals surface area (Å²) in [7, 11) is 0. The number of nitriles is 1. The molecule has 3 rings (SSSR count). The van der Waals surface area contributed by atoms with E-state index in [1.165, 1.54) is 13.0 Å². The zero-order valence-electron chi connectivity index (χ0n) is 15.6. The summed E-state index contributed by atoms with van der Waals surface area (Å²) in [5.41, 5.74) is 0.632. The van der Waals surface area contributed by atoms with Crippen molar-refractivity contribution in [1.82, 2.24) is 4.57 Å². The smallest absolute Gasteiger partial charge is 0.282 e. The van der Waals surface area contributed by atoms with Crippen LogP contribution in [0.5, 0.6) is 5.88 Å². The Balaban J connectivity index is 2.20. The van der Waals surface area contributed by atoms with Gasteiger partial charge in [0.1, 0.15) is 17.3 Å². The number of pyridine rings is 1. The summed E-state index contributed by atoms with van der Waals surface area (Å²) in [5.74, 6) is -0.411. The maximum atomic E-state index is 13.1. The lowest BCUT2D eigenvalue weighted by atomic mass is 10.1. The van der Waals surface area contributed by atoms with E-state index in [2.05, 4.69) is 10.2 Å². The second-order valence-corrected chi connectivity index (χ2v) is 7.19. The minimum Gasteiger partial charge on any atom is -0.493 e. The molecule has 0 aliphatic heterocycles. The van der Waals surface area contributed by atoms with Gasteiger partial charge < -0.3 is 5.11 Å². The van der Waals surface area contributed by atoms with E-state index in [0.29, 0.717) is 10.0 Å². The Morgan fingerprint density at radius 3 is 2.48 bits per heavy atom. The maximum absolute atomic E-state index is 13.1. The number of hydrogen-bond acceptors (Lipinski definition) is 5. The molecular formula is C21H16Cl2N4O2. The van der Waals surface area contributed by atoms with Crippen molar-refractivity contribution in [3.63, 3.8) is 0 Å². The molecule has 29 heavy (non-hydrogen) atoms. The lowest BCUT2D eigenvalue weighted by Crippen LogP contribution is -2.25. The molecule has 0 radical (unpaired) electrons. The molecule has 1 atom stereocenters. The van der Waals surface area contributed by atoms with Crippen LogP contribution in [0.25, 0.3) is 0 Å². The lowest BCUT2D eigenvalue weighted by molar-refractivity contribution is 0.393. The van der Waals surface area contributed by atoms with E-state index in [1.807, 2.05) is 36.4 Å². The molecule has 1 unspecified atom stereocenters. The van der Waals surface area contributed by atoms with Crippen LogP contribution in [0, 0.1) is 18.3 Å². The van der Waals surface area contributed by atoms with Gasteiger partial charge in [-0.1, -0.05) is 53.5 Å². The first-order chi connectivity index (χ1) is 13.8. The zero-order valence-corrected chi connectivity index (χ0v) is 17.1. The van der Waals surface area contributed by atoms with Crippen molar-refractivity contribution in [3.8, 4) is 11.9 Å². The normalized spacial score (nSPS) is 12.1. The predicted molar refractivity (Wildman–Crippen MR) is 113 cm³/mol. The fourth-order valence-corrected chi connectivity index (χ4v) is 3.26. The molecule has 1 heterocycles. The average molecular weight is 427 g/mol. The molecule has 1 N–H and O–H groups in total. The van der Waals surface area contributed by atoms with Crippen LogP contribution < -0.4 is 5.56 Å². The lowest BCUT2D eigenvalue weighted by Gasteiger charge is -2.19. The molecule has 0 amide bonds. The number of rotatable bonds is 4. The second kappa shape index (κ2) is 8.48. The van der Waals surface area contributed by atoms with Crippen molar-refractivity contribution < 1.29 is 5.11 Å². The predicted octanol–water partition coefficient (Wildman–Crippen LogP) is 6.07. The molecule has 6 nitrogen and oxygen atoms in total. The van der Waals surface area contributed by atoms with E-state index in [1.54, 1.807) is 19.1 Å². The molecule has 3 aromatic rings. The van der Waals surface area contributed by atoms with E-state index in [-0.39, 0.29) is 22.5 Å². The number of benzene rings is 2. The summed E-state index contributed by atoms with van der Waals surface area (Å²) in [6, 6.07) is 15.3. The van der Waals surface area contributed by atoms with Crippen LogP contribution in [-0.2, 0) is 0 Å². The summed E-state index contributed by atoms with van der Waals surface area (Å²) in [4.78, 5) is 13.1. The molecule has 2 aromatic carbocycles. The number of halogens is 2.